The zero-order valence-corrected chi connectivity index (χ0v) is 18.9. The number of amides is 1. The summed E-state index contributed by atoms with van der Waals surface area (Å²) in [7, 11) is 0. The van der Waals surface area contributed by atoms with E-state index in [4.69, 9.17) is 0 Å². The summed E-state index contributed by atoms with van der Waals surface area (Å²) in [6, 6.07) is 5.62. The Bertz CT molecular complexity index is 1520. The molecule has 1 amide bonds. The van der Waals surface area contributed by atoms with Gasteiger partial charge in [0.1, 0.15) is 5.52 Å². The van der Waals surface area contributed by atoms with Gasteiger partial charge in [0.15, 0.2) is 11.5 Å². The number of rotatable bonds is 6. The summed E-state index contributed by atoms with van der Waals surface area (Å²) in [6.07, 6.45) is 10.7. The zero-order chi connectivity index (χ0) is 22.5. The largest absolute Gasteiger partial charge is 0.346 e. The van der Waals surface area contributed by atoms with Gasteiger partial charge in [-0.25, -0.2) is 18.9 Å². The van der Waals surface area contributed by atoms with Crippen LogP contribution in [-0.4, -0.2) is 39.7 Å². The van der Waals surface area contributed by atoms with Crippen LogP contribution < -0.4 is 5.32 Å². The van der Waals surface area contributed by atoms with Crippen LogP contribution in [0.25, 0.3) is 11.2 Å². The maximum atomic E-state index is 14.4. The van der Waals surface area contributed by atoms with Gasteiger partial charge in [0.25, 0.3) is 5.91 Å². The molecule has 0 aliphatic heterocycles. The Morgan fingerprint density at radius 2 is 2.12 bits per heavy atom. The summed E-state index contributed by atoms with van der Waals surface area (Å²) in [5.41, 5.74) is 3.85. The number of halogens is 2. The molecule has 1 aliphatic rings. The maximum Gasteiger partial charge on any atom is 0.254 e. The molecule has 11 heteroatoms. The van der Waals surface area contributed by atoms with Gasteiger partial charge in [-0.3, -0.25) is 9.48 Å². The molecule has 1 N–H and O–H groups in total. The number of carbonyl (C=O) groups is 1. The van der Waals surface area contributed by atoms with E-state index in [1.165, 1.54) is 25.4 Å². The molecular formula is C22H18BrFN8O. The predicted octanol–water partition coefficient (Wildman–Crippen LogP) is 3.33. The van der Waals surface area contributed by atoms with Crippen molar-refractivity contribution in [2.24, 2.45) is 0 Å². The molecule has 0 aromatic carbocycles. The first-order valence-corrected chi connectivity index (χ1v) is 11.3. The van der Waals surface area contributed by atoms with Crippen molar-refractivity contribution in [3.05, 3.63) is 82.2 Å². The standard InChI is InChI=1S/C22H18BrFN8O/c23-16-5-6-30-12-26-18(21(30)20(16)24)8-25-22(33)14-7-27-31(9-14)10-15-11-32-19(28-15)4-3-17(29-32)13-1-2-13/h3-7,9,11-13H,1-2,8,10H2,(H,25,33). The molecule has 33 heavy (non-hydrogen) atoms. The monoisotopic (exact) mass is 508 g/mol. The van der Waals surface area contributed by atoms with Gasteiger partial charge < -0.3 is 9.72 Å². The van der Waals surface area contributed by atoms with Gasteiger partial charge >= 0.3 is 0 Å². The Morgan fingerprint density at radius 3 is 2.97 bits per heavy atom. The molecule has 5 aromatic heterocycles. The Hall–Kier alpha value is -3.60. The third-order valence-corrected chi connectivity index (χ3v) is 6.30. The molecule has 6 rings (SSSR count). The lowest BCUT2D eigenvalue weighted by Crippen LogP contribution is -2.22. The Balaban J connectivity index is 1.14. The van der Waals surface area contributed by atoms with E-state index < -0.39 is 5.82 Å². The highest BCUT2D eigenvalue weighted by atomic mass is 79.9. The number of imidazole rings is 2. The normalized spacial score (nSPS) is 13.8. The Kier molecular flexibility index (Phi) is 4.72. The Labute approximate surface area is 195 Å². The highest BCUT2D eigenvalue weighted by Gasteiger charge is 2.25. The average Bonchev–Trinajstić information content (AvgIpc) is 3.23. The molecule has 1 aliphatic carbocycles. The molecule has 5 aromatic rings. The van der Waals surface area contributed by atoms with Crippen molar-refractivity contribution in [1.82, 2.24) is 39.1 Å². The van der Waals surface area contributed by atoms with Crippen molar-refractivity contribution in [3.63, 3.8) is 0 Å². The van der Waals surface area contributed by atoms with Crippen molar-refractivity contribution < 1.29 is 9.18 Å². The van der Waals surface area contributed by atoms with Crippen LogP contribution in [0.3, 0.4) is 0 Å². The number of hydrogen-bond acceptors (Lipinski definition) is 5. The molecule has 0 atom stereocenters. The van der Waals surface area contributed by atoms with Crippen molar-refractivity contribution >= 4 is 33.0 Å². The lowest BCUT2D eigenvalue weighted by atomic mass is 10.3. The second kappa shape index (κ2) is 7.77. The van der Waals surface area contributed by atoms with Gasteiger partial charge in [-0.1, -0.05) is 0 Å². The quantitative estimate of drug-likeness (QED) is 0.379. The summed E-state index contributed by atoms with van der Waals surface area (Å²) < 4.78 is 19.8. The van der Waals surface area contributed by atoms with Crippen LogP contribution in [0.2, 0.25) is 0 Å². The van der Waals surface area contributed by atoms with Crippen LogP contribution in [0.15, 0.2) is 53.8 Å². The number of nitrogens with one attached hydrogen (secondary N) is 1. The number of carbonyl (C=O) groups excluding carboxylic acids is 1. The molecule has 0 radical (unpaired) electrons. The third kappa shape index (κ3) is 3.78. The number of nitrogens with zero attached hydrogens (tertiary/aromatic N) is 7. The van der Waals surface area contributed by atoms with E-state index in [-0.39, 0.29) is 12.5 Å². The summed E-state index contributed by atoms with van der Waals surface area (Å²) in [4.78, 5) is 21.4. The van der Waals surface area contributed by atoms with Crippen LogP contribution in [-0.2, 0) is 13.1 Å². The van der Waals surface area contributed by atoms with Crippen molar-refractivity contribution in [3.8, 4) is 0 Å². The van der Waals surface area contributed by atoms with Gasteiger partial charge in [-0.05, 0) is 47.0 Å². The minimum Gasteiger partial charge on any atom is -0.346 e. The molecule has 0 spiro atoms. The van der Waals surface area contributed by atoms with Crippen molar-refractivity contribution in [2.75, 3.05) is 0 Å². The number of aromatic nitrogens is 7. The summed E-state index contributed by atoms with van der Waals surface area (Å²) in [5.74, 6) is -0.160. The first kappa shape index (κ1) is 20.0. The molecule has 1 saturated carbocycles. The van der Waals surface area contributed by atoms with Gasteiger partial charge in [0.05, 0.1) is 58.9 Å². The lowest BCUT2D eigenvalue weighted by molar-refractivity contribution is 0.0950. The van der Waals surface area contributed by atoms with E-state index in [2.05, 4.69) is 41.4 Å². The molecular weight excluding hydrogens is 491 g/mol. The number of pyridine rings is 1. The molecule has 0 saturated heterocycles. The fourth-order valence-electron chi connectivity index (χ4n) is 3.83. The highest BCUT2D eigenvalue weighted by molar-refractivity contribution is 9.10. The molecule has 1 fully saturated rings. The van der Waals surface area contributed by atoms with Crippen LogP contribution in [0.4, 0.5) is 4.39 Å². The second-order valence-corrected chi connectivity index (χ2v) is 8.96. The molecule has 5 heterocycles. The first-order chi connectivity index (χ1) is 16.0. The van der Waals surface area contributed by atoms with Crippen molar-refractivity contribution in [2.45, 2.75) is 31.8 Å². The fourth-order valence-corrected chi connectivity index (χ4v) is 4.14. The van der Waals surface area contributed by atoms with Gasteiger partial charge in [-0.15, -0.1) is 0 Å². The maximum absolute atomic E-state index is 14.4. The summed E-state index contributed by atoms with van der Waals surface area (Å²) in [6.45, 7) is 0.510. The molecule has 0 bridgehead atoms. The number of fused-ring (bicyclic) bond motifs is 2. The van der Waals surface area contributed by atoms with Crippen LogP contribution in [0.5, 0.6) is 0 Å². The van der Waals surface area contributed by atoms with Crippen LogP contribution >= 0.6 is 15.9 Å². The van der Waals surface area contributed by atoms with Crippen LogP contribution in [0.1, 0.15) is 46.2 Å². The van der Waals surface area contributed by atoms with E-state index in [9.17, 15) is 9.18 Å². The van der Waals surface area contributed by atoms with E-state index in [0.29, 0.717) is 33.7 Å². The Morgan fingerprint density at radius 1 is 1.24 bits per heavy atom. The van der Waals surface area contributed by atoms with E-state index in [1.807, 2.05) is 18.3 Å². The van der Waals surface area contributed by atoms with E-state index in [0.717, 1.165) is 17.0 Å². The predicted molar refractivity (Wildman–Crippen MR) is 120 cm³/mol. The fraction of sp³-hybridized carbons (Fsp3) is 0.227. The zero-order valence-electron chi connectivity index (χ0n) is 17.3. The highest BCUT2D eigenvalue weighted by Crippen LogP contribution is 2.38. The topological polar surface area (TPSA) is 94.4 Å². The van der Waals surface area contributed by atoms with Crippen molar-refractivity contribution in [1.29, 1.82) is 0 Å². The molecule has 0 unspecified atom stereocenters. The number of hydrogen-bond donors (Lipinski definition) is 1. The van der Waals surface area contributed by atoms with E-state index >= 15 is 0 Å². The van der Waals surface area contributed by atoms with Gasteiger partial charge in [0, 0.05) is 18.3 Å². The SMILES string of the molecule is O=C(NCc1ncn2ccc(Br)c(F)c12)c1cnn(Cc2cn3nc(C4CC4)ccc3n2)c1. The minimum absolute atomic E-state index is 0.0926. The summed E-state index contributed by atoms with van der Waals surface area (Å²) >= 11 is 3.18. The van der Waals surface area contributed by atoms with Crippen LogP contribution in [0, 0.1) is 5.82 Å². The molecule has 166 valence electrons. The van der Waals surface area contributed by atoms with E-state index in [1.54, 1.807) is 32.1 Å². The third-order valence-electron chi connectivity index (χ3n) is 5.69. The smallest absolute Gasteiger partial charge is 0.254 e. The molecule has 9 nitrogen and oxygen atoms in total. The lowest BCUT2D eigenvalue weighted by Gasteiger charge is -2.04. The van der Waals surface area contributed by atoms with Gasteiger partial charge in [0.2, 0.25) is 0 Å². The summed E-state index contributed by atoms with van der Waals surface area (Å²) in [5, 5.41) is 11.7. The first-order valence-electron chi connectivity index (χ1n) is 10.5. The average molecular weight is 509 g/mol. The van der Waals surface area contributed by atoms with Gasteiger partial charge in [-0.2, -0.15) is 10.2 Å². The minimum atomic E-state index is -0.418. The second-order valence-electron chi connectivity index (χ2n) is 8.10.